The molecule has 0 amide bonds. The van der Waals surface area contributed by atoms with Gasteiger partial charge in [-0.25, -0.2) is 0 Å². The lowest BCUT2D eigenvalue weighted by molar-refractivity contribution is -0.597. The van der Waals surface area contributed by atoms with Gasteiger partial charge in [-0.2, -0.15) is 61.7 Å². The van der Waals surface area contributed by atoms with Crippen molar-refractivity contribution in [3.8, 4) is 0 Å². The van der Waals surface area contributed by atoms with Crippen molar-refractivity contribution in [2.75, 3.05) is 0 Å². The minimum absolute atomic E-state index is 0.0251. The van der Waals surface area contributed by atoms with E-state index in [1.807, 2.05) is 6.92 Å². The highest BCUT2D eigenvalue weighted by atomic mass is 127. The maximum atomic E-state index is 13.7. The number of hydrogen-bond acceptors (Lipinski definition) is 0. The fourth-order valence-electron chi connectivity index (χ4n) is 6.42. The van der Waals surface area contributed by atoms with Gasteiger partial charge in [0.2, 0.25) is 0 Å². The van der Waals surface area contributed by atoms with Crippen molar-refractivity contribution < 1.29 is 60.7 Å². The maximum absolute atomic E-state index is 13.7. The molecule has 0 spiro atoms. The van der Waals surface area contributed by atoms with Crippen LogP contribution in [0.25, 0.3) is 0 Å². The lowest BCUT2D eigenvalue weighted by atomic mass is 9.10. The Hall–Kier alpha value is -3.74. The number of rotatable bonds is 9. The third-order valence-electron chi connectivity index (χ3n) is 8.77. The Balaban J connectivity index is 0.000000358. The van der Waals surface area contributed by atoms with Crippen molar-refractivity contribution in [2.24, 2.45) is 0 Å². The van der Waals surface area contributed by atoms with Gasteiger partial charge >= 0.3 is 39.7 Å². The van der Waals surface area contributed by atoms with Crippen molar-refractivity contribution >= 4 is 22.5 Å². The molecule has 1 atom stereocenters. The Kier molecular flexibility index (Phi) is 12.9. The minimum atomic E-state index is -4.76. The molecule has 0 saturated heterocycles. The average molecular weight is 812 g/mol. The molecule has 264 valence electrons. The van der Waals surface area contributed by atoms with Gasteiger partial charge in [-0.05, 0) is 24.3 Å². The van der Waals surface area contributed by atoms with Gasteiger partial charge in [0, 0.05) is 0 Å². The molecule has 0 aliphatic heterocycles. The molecule has 0 nitrogen and oxygen atoms in total. The van der Waals surface area contributed by atoms with Crippen LogP contribution < -0.4 is 37.6 Å². The second-order valence-electron chi connectivity index (χ2n) is 12.1. The molecule has 5 rings (SSSR count). The Morgan fingerprint density at radius 3 is 1.14 bits per heavy atom. The third kappa shape index (κ3) is 9.73. The molecule has 0 aromatic heterocycles. The summed E-state index contributed by atoms with van der Waals surface area (Å²) < 4.78 is 126. The third-order valence-corrected chi connectivity index (χ3v) is 11.5. The molecule has 0 aliphatic carbocycles. The quantitative estimate of drug-likeness (QED) is 0.0818. The van der Waals surface area contributed by atoms with E-state index in [1.165, 1.54) is 25.3 Å². The lowest BCUT2D eigenvalue weighted by Gasteiger charge is -2.49. The van der Waals surface area contributed by atoms with Gasteiger partial charge < -0.3 is 0 Å². The highest BCUT2D eigenvalue weighted by Gasteiger charge is 2.40. The molecule has 0 bridgehead atoms. The van der Waals surface area contributed by atoms with E-state index in [4.69, 9.17) is 0 Å². The molecule has 1 unspecified atom stereocenters. The molecule has 11 heteroatoms. The second kappa shape index (κ2) is 16.5. The standard InChI is InChI=1S/C27H25BF9.C12H10I/c1-3-4-8-18(2)28(22-12-5-9-19(15-22)25(29,30)31,23-13-6-10-20(16-23)26(32,33)34)24-14-7-11-21(17-24)27(35,36)37;1-3-7-11(8-4-1)13-12-9-5-2-6-10-12/h5-7,9-18H,3-4,8H2,1-2H3;1-10H/q-1;+1. The van der Waals surface area contributed by atoms with E-state index in [0.29, 0.717) is 19.3 Å². The van der Waals surface area contributed by atoms with E-state index in [0.717, 1.165) is 54.6 Å². The van der Waals surface area contributed by atoms with Gasteiger partial charge in [0.15, 0.2) is 7.14 Å². The van der Waals surface area contributed by atoms with Crippen LogP contribution in [-0.2, 0) is 18.5 Å². The molecule has 5 aromatic carbocycles. The van der Waals surface area contributed by atoms with Crippen LogP contribution >= 0.6 is 0 Å². The van der Waals surface area contributed by atoms with Gasteiger partial charge in [0.25, 0.3) is 0 Å². The predicted molar refractivity (Wildman–Crippen MR) is 178 cm³/mol. The van der Waals surface area contributed by atoms with Crippen molar-refractivity contribution in [3.05, 3.63) is 157 Å². The smallest absolute Gasteiger partial charge is 0.199 e. The second-order valence-corrected chi connectivity index (χ2v) is 15.1. The van der Waals surface area contributed by atoms with Gasteiger partial charge in [0.1, 0.15) is 0 Å². The maximum Gasteiger partial charge on any atom is 0.416 e. The van der Waals surface area contributed by atoms with Crippen LogP contribution in [0.15, 0.2) is 133 Å². The summed E-state index contributed by atoms with van der Waals surface area (Å²) in [6.45, 7) is 3.55. The van der Waals surface area contributed by atoms with Crippen LogP contribution in [0.3, 0.4) is 0 Å². The van der Waals surface area contributed by atoms with Crippen LogP contribution in [0, 0.1) is 7.14 Å². The Labute approximate surface area is 296 Å². The molecular weight excluding hydrogens is 777 g/mol. The Morgan fingerprint density at radius 1 is 0.500 bits per heavy atom. The van der Waals surface area contributed by atoms with Crippen LogP contribution in [-0.4, -0.2) is 6.15 Å². The first kappa shape index (κ1) is 39.1. The summed E-state index contributed by atoms with van der Waals surface area (Å²) in [5, 5.41) is 0. The molecule has 50 heavy (non-hydrogen) atoms. The zero-order valence-electron chi connectivity index (χ0n) is 27.3. The summed E-state index contributed by atoms with van der Waals surface area (Å²) in [6, 6.07) is 34.0. The van der Waals surface area contributed by atoms with Gasteiger partial charge in [-0.3, -0.25) is 0 Å². The lowest BCUT2D eigenvalue weighted by Crippen LogP contribution is -3.61. The zero-order chi connectivity index (χ0) is 36.6. The molecule has 5 aromatic rings. The van der Waals surface area contributed by atoms with E-state index in [9.17, 15) is 39.5 Å². The first-order valence-corrected chi connectivity index (χ1v) is 18.2. The topological polar surface area (TPSA) is 0 Å². The first-order chi connectivity index (χ1) is 23.6. The minimum Gasteiger partial charge on any atom is -0.199 e. The number of halogens is 10. The first-order valence-electron chi connectivity index (χ1n) is 16.0. The van der Waals surface area contributed by atoms with Crippen LogP contribution in [0.1, 0.15) is 49.8 Å². The summed E-state index contributed by atoms with van der Waals surface area (Å²) in [5.74, 6) is -0.601. The number of hydrogen-bond donors (Lipinski definition) is 0. The molecule has 0 radical (unpaired) electrons. The van der Waals surface area contributed by atoms with Crippen LogP contribution in [0.5, 0.6) is 0 Å². The fraction of sp³-hybridized carbons (Fsp3) is 0.231. The van der Waals surface area contributed by atoms with Crippen molar-refractivity contribution in [1.29, 1.82) is 0 Å². The van der Waals surface area contributed by atoms with E-state index < -0.39 is 47.2 Å². The van der Waals surface area contributed by atoms with Crippen LogP contribution in [0.4, 0.5) is 39.5 Å². The highest BCUT2D eigenvalue weighted by Crippen LogP contribution is 2.35. The zero-order valence-corrected chi connectivity index (χ0v) is 29.4. The molecule has 0 saturated carbocycles. The normalized spacial score (nSPS) is 12.9. The van der Waals surface area contributed by atoms with Crippen molar-refractivity contribution in [2.45, 2.75) is 57.5 Å². The fourth-order valence-corrected chi connectivity index (χ4v) is 8.68. The summed E-state index contributed by atoms with van der Waals surface area (Å²) in [7, 11) is 0. The van der Waals surface area contributed by atoms with Crippen molar-refractivity contribution in [3.63, 3.8) is 0 Å². The summed E-state index contributed by atoms with van der Waals surface area (Å²) >= 11 is 0.0287. The summed E-state index contributed by atoms with van der Waals surface area (Å²) in [5.41, 5.74) is -3.01. The van der Waals surface area contributed by atoms with Gasteiger partial charge in [-0.15, -0.1) is 0 Å². The molecule has 0 heterocycles. The van der Waals surface area contributed by atoms with Gasteiger partial charge in [-0.1, -0.05) is 142 Å². The Bertz CT molecular complexity index is 1620. The van der Waals surface area contributed by atoms with E-state index in [1.54, 1.807) is 6.92 Å². The number of alkyl halides is 9. The predicted octanol–water partition coefficient (Wildman–Crippen LogP) is 7.61. The molecule has 0 N–H and O–H groups in total. The van der Waals surface area contributed by atoms with E-state index in [2.05, 4.69) is 60.7 Å². The highest BCUT2D eigenvalue weighted by molar-refractivity contribution is 7.12. The monoisotopic (exact) mass is 812 g/mol. The average Bonchev–Trinajstić information content (AvgIpc) is 3.08. The van der Waals surface area contributed by atoms with E-state index in [-0.39, 0.29) is 37.6 Å². The Morgan fingerprint density at radius 2 is 0.840 bits per heavy atom. The number of benzene rings is 5. The molecule has 0 fully saturated rings. The van der Waals surface area contributed by atoms with Crippen molar-refractivity contribution in [1.82, 2.24) is 0 Å². The summed E-state index contributed by atoms with van der Waals surface area (Å²) in [6.07, 6.45) is -15.3. The molecule has 0 aliphatic rings. The molecular formula is C39H35BF9I. The summed E-state index contributed by atoms with van der Waals surface area (Å²) in [4.78, 5) is 0. The van der Waals surface area contributed by atoms with E-state index >= 15 is 0 Å². The van der Waals surface area contributed by atoms with Crippen LogP contribution in [0.2, 0.25) is 5.82 Å². The SMILES string of the molecule is CCCCC(C)[B-](c1cccc(C(F)(F)F)c1)(c1cccc(C(F)(F)F)c1)c1cccc(C(F)(F)F)c1.c1ccc([I+]c2ccccc2)cc1. The number of unbranched alkanes of at least 4 members (excludes halogenated alkanes) is 1. The largest absolute Gasteiger partial charge is 0.416 e. The van der Waals surface area contributed by atoms with Gasteiger partial charge in [0.05, 0.1) is 22.8 Å².